The number of nitrogens with one attached hydrogen (secondary N) is 1. The van der Waals surface area contributed by atoms with E-state index >= 15 is 0 Å². The fourth-order valence-corrected chi connectivity index (χ4v) is 2.79. The van der Waals surface area contributed by atoms with Gasteiger partial charge in [-0.15, -0.1) is 0 Å². The minimum absolute atomic E-state index is 0.0771. The summed E-state index contributed by atoms with van der Waals surface area (Å²) in [5, 5.41) is 19.9. The fourth-order valence-electron chi connectivity index (χ4n) is 2.79. The van der Waals surface area contributed by atoms with Gasteiger partial charge in [0.05, 0.1) is 0 Å². The summed E-state index contributed by atoms with van der Waals surface area (Å²) >= 11 is 0. The number of ketones is 1. The number of pyridine rings is 1. The van der Waals surface area contributed by atoms with E-state index in [2.05, 4.69) is 24.9 Å². The first-order valence-corrected chi connectivity index (χ1v) is 9.81. The Morgan fingerprint density at radius 3 is 2.33 bits per heavy atom. The van der Waals surface area contributed by atoms with Crippen LogP contribution in [-0.2, 0) is 0 Å². The van der Waals surface area contributed by atoms with Crippen LogP contribution in [0.5, 0.6) is 11.5 Å². The Balaban J connectivity index is 2.15. The number of hydrogen-bond acceptors (Lipinski definition) is 4. The topological polar surface area (TPSA) is 90.4 Å². The third kappa shape index (κ3) is 6.21. The predicted molar refractivity (Wildman–Crippen MR) is 121 cm³/mol. The predicted octanol–water partition coefficient (Wildman–Crippen LogP) is 5.30. The van der Waals surface area contributed by atoms with Gasteiger partial charge in [-0.1, -0.05) is 74.4 Å². The molecule has 0 aliphatic carbocycles. The minimum Gasteiger partial charge on any atom is -0.508 e. The summed E-state index contributed by atoms with van der Waals surface area (Å²) in [6, 6.07) is 6.08. The van der Waals surface area contributed by atoms with Crippen molar-refractivity contribution >= 4 is 5.78 Å². The van der Waals surface area contributed by atoms with Crippen LogP contribution >= 0.6 is 0 Å². The number of aromatic hydroxyl groups is 2. The molecule has 0 fully saturated rings. The summed E-state index contributed by atoms with van der Waals surface area (Å²) in [7, 11) is 0. The molecule has 3 N–H and O–H groups in total. The van der Waals surface area contributed by atoms with Gasteiger partial charge in [0.1, 0.15) is 17.1 Å². The van der Waals surface area contributed by atoms with Gasteiger partial charge in [-0.2, -0.15) is 0 Å². The Morgan fingerprint density at radius 1 is 1.07 bits per heavy atom. The number of phenols is 1. The first-order chi connectivity index (χ1) is 14.3. The van der Waals surface area contributed by atoms with Crippen molar-refractivity contribution in [3.63, 3.8) is 0 Å². The monoisotopic (exact) mass is 405 g/mol. The molecule has 0 saturated carbocycles. The van der Waals surface area contributed by atoms with Gasteiger partial charge in [-0.3, -0.25) is 9.59 Å². The van der Waals surface area contributed by atoms with Crippen LogP contribution in [0.3, 0.4) is 0 Å². The summed E-state index contributed by atoms with van der Waals surface area (Å²) in [5.74, 6) is -0.392. The molecule has 2 rings (SSSR count). The molecule has 0 radical (unpaired) electrons. The SMILES string of the molecule is CC[C@@H](C)/C=C(C)/C=C/C=C/C=C/C(=O)c1c(O)c(-c2ccc(O)cc2)c[nH]c1=O. The normalized spacial score (nSPS) is 13.5. The molecule has 5 heteroatoms. The van der Waals surface area contributed by atoms with E-state index in [4.69, 9.17) is 0 Å². The lowest BCUT2D eigenvalue weighted by Gasteiger charge is -2.07. The maximum atomic E-state index is 12.5. The molecule has 30 heavy (non-hydrogen) atoms. The molecular formula is C25H27NO4. The number of allylic oxidation sites excluding steroid dienone is 8. The molecule has 1 aromatic carbocycles. The number of rotatable bonds is 8. The average Bonchev–Trinajstić information content (AvgIpc) is 2.71. The number of aromatic nitrogens is 1. The van der Waals surface area contributed by atoms with E-state index in [1.165, 1.54) is 30.5 Å². The minimum atomic E-state index is -0.667. The van der Waals surface area contributed by atoms with E-state index in [0.717, 1.165) is 12.0 Å². The second-order valence-electron chi connectivity index (χ2n) is 7.07. The van der Waals surface area contributed by atoms with Crippen molar-refractivity contribution in [1.82, 2.24) is 4.98 Å². The second kappa shape index (κ2) is 10.8. The maximum absolute atomic E-state index is 12.5. The van der Waals surface area contributed by atoms with Crippen molar-refractivity contribution in [3.05, 3.63) is 94.5 Å². The summed E-state index contributed by atoms with van der Waals surface area (Å²) in [6.07, 6.45) is 14.7. The summed E-state index contributed by atoms with van der Waals surface area (Å²) < 4.78 is 0. The Kier molecular flexibility index (Phi) is 8.18. The van der Waals surface area contributed by atoms with Crippen LogP contribution in [0.15, 0.2) is 83.4 Å². The molecule has 1 heterocycles. The Bertz CT molecular complexity index is 1050. The zero-order valence-corrected chi connectivity index (χ0v) is 17.4. The lowest BCUT2D eigenvalue weighted by Crippen LogP contribution is -2.16. The summed E-state index contributed by atoms with van der Waals surface area (Å²) in [5.41, 5.74) is 1.03. The number of aromatic amines is 1. The second-order valence-corrected chi connectivity index (χ2v) is 7.07. The Morgan fingerprint density at radius 2 is 1.70 bits per heavy atom. The standard InChI is InChI=1S/C25H27NO4/c1-4-17(2)15-18(3)9-7-5-6-8-10-22(28)23-24(29)21(16-26-25(23)30)19-11-13-20(27)14-12-19/h5-17,27H,4H2,1-3H3,(H2,26,29,30)/b6-5+,9-7+,10-8+,18-15+/t17-/m1/s1. The molecule has 0 unspecified atom stereocenters. The summed E-state index contributed by atoms with van der Waals surface area (Å²) in [6.45, 7) is 6.34. The van der Waals surface area contributed by atoms with Gasteiger partial charge in [-0.05, 0) is 36.6 Å². The van der Waals surface area contributed by atoms with E-state index in [-0.39, 0.29) is 11.3 Å². The zero-order chi connectivity index (χ0) is 22.1. The van der Waals surface area contributed by atoms with E-state index < -0.39 is 17.1 Å². The highest BCUT2D eigenvalue weighted by Crippen LogP contribution is 2.31. The van der Waals surface area contributed by atoms with Gasteiger partial charge in [0.15, 0.2) is 5.78 Å². The third-order valence-corrected chi connectivity index (χ3v) is 4.62. The first kappa shape index (κ1) is 22.7. The van der Waals surface area contributed by atoms with Crippen molar-refractivity contribution in [2.75, 3.05) is 0 Å². The van der Waals surface area contributed by atoms with Gasteiger partial charge in [0.2, 0.25) is 0 Å². The van der Waals surface area contributed by atoms with Gasteiger partial charge < -0.3 is 15.2 Å². The van der Waals surface area contributed by atoms with E-state index in [0.29, 0.717) is 17.0 Å². The molecule has 0 aliphatic heterocycles. The number of carbonyl (C=O) groups is 1. The molecule has 156 valence electrons. The number of phenolic OH excluding ortho intramolecular Hbond substituents is 1. The molecule has 0 saturated heterocycles. The average molecular weight is 405 g/mol. The van der Waals surface area contributed by atoms with E-state index in [9.17, 15) is 19.8 Å². The molecule has 1 atom stereocenters. The quantitative estimate of drug-likeness (QED) is 0.316. The lowest BCUT2D eigenvalue weighted by molar-refractivity contribution is 0.104. The first-order valence-electron chi connectivity index (χ1n) is 9.81. The molecule has 0 bridgehead atoms. The van der Waals surface area contributed by atoms with Crippen LogP contribution in [0.1, 0.15) is 37.6 Å². The van der Waals surface area contributed by atoms with Gasteiger partial charge in [0.25, 0.3) is 5.56 Å². The Hall–Kier alpha value is -3.60. The van der Waals surface area contributed by atoms with Crippen molar-refractivity contribution in [3.8, 4) is 22.6 Å². The van der Waals surface area contributed by atoms with Crippen LogP contribution < -0.4 is 5.56 Å². The maximum Gasteiger partial charge on any atom is 0.263 e. The molecular weight excluding hydrogens is 378 g/mol. The van der Waals surface area contributed by atoms with Crippen LogP contribution in [0, 0.1) is 5.92 Å². The summed E-state index contributed by atoms with van der Waals surface area (Å²) in [4.78, 5) is 27.0. The van der Waals surface area contributed by atoms with Crippen LogP contribution in [0.2, 0.25) is 0 Å². The number of benzene rings is 1. The Labute approximate surface area is 176 Å². The smallest absolute Gasteiger partial charge is 0.263 e. The van der Waals surface area contributed by atoms with Crippen LogP contribution in [0.4, 0.5) is 0 Å². The highest BCUT2D eigenvalue weighted by Gasteiger charge is 2.18. The molecule has 0 amide bonds. The van der Waals surface area contributed by atoms with Gasteiger partial charge in [-0.25, -0.2) is 0 Å². The van der Waals surface area contributed by atoms with E-state index in [1.54, 1.807) is 24.3 Å². The number of carbonyl (C=O) groups excluding carboxylic acids is 1. The lowest BCUT2D eigenvalue weighted by atomic mass is 10.0. The van der Waals surface area contributed by atoms with Crippen LogP contribution in [-0.4, -0.2) is 21.0 Å². The van der Waals surface area contributed by atoms with E-state index in [1.807, 2.05) is 19.1 Å². The van der Waals surface area contributed by atoms with Crippen LogP contribution in [0.25, 0.3) is 11.1 Å². The van der Waals surface area contributed by atoms with Crippen molar-refractivity contribution in [2.24, 2.45) is 5.92 Å². The largest absolute Gasteiger partial charge is 0.508 e. The fraction of sp³-hybridized carbons (Fsp3) is 0.200. The zero-order valence-electron chi connectivity index (χ0n) is 17.4. The number of hydrogen-bond donors (Lipinski definition) is 3. The highest BCUT2D eigenvalue weighted by atomic mass is 16.3. The number of H-pyrrole nitrogens is 1. The molecule has 2 aromatic rings. The van der Waals surface area contributed by atoms with Gasteiger partial charge in [0, 0.05) is 11.8 Å². The molecule has 0 spiro atoms. The van der Waals surface area contributed by atoms with Crippen molar-refractivity contribution in [2.45, 2.75) is 27.2 Å². The van der Waals surface area contributed by atoms with Crippen molar-refractivity contribution < 1.29 is 15.0 Å². The molecule has 0 aliphatic rings. The van der Waals surface area contributed by atoms with Crippen molar-refractivity contribution in [1.29, 1.82) is 0 Å². The molecule has 5 nitrogen and oxygen atoms in total. The molecule has 1 aromatic heterocycles. The van der Waals surface area contributed by atoms with Gasteiger partial charge >= 0.3 is 0 Å². The highest BCUT2D eigenvalue weighted by molar-refractivity contribution is 6.07. The third-order valence-electron chi connectivity index (χ3n) is 4.62.